The van der Waals surface area contributed by atoms with Crippen molar-refractivity contribution >= 4 is 58.9 Å². The SMILES string of the molecule is O=S(=O)(Cl)c1cc(Cl)cc(Cl)c1Br. The van der Waals surface area contributed by atoms with E-state index in [9.17, 15) is 8.42 Å². The predicted molar refractivity (Wildman–Crippen MR) is 57.2 cm³/mol. The molecule has 0 aliphatic heterocycles. The monoisotopic (exact) mass is 322 g/mol. The van der Waals surface area contributed by atoms with E-state index in [0.717, 1.165) is 0 Å². The highest BCUT2D eigenvalue weighted by Crippen LogP contribution is 2.34. The van der Waals surface area contributed by atoms with Crippen LogP contribution in [0, 0.1) is 0 Å². The van der Waals surface area contributed by atoms with E-state index < -0.39 is 9.05 Å². The molecule has 0 aliphatic carbocycles. The molecule has 0 aliphatic rings. The zero-order valence-corrected chi connectivity index (χ0v) is 10.6. The van der Waals surface area contributed by atoms with Gasteiger partial charge in [-0.2, -0.15) is 0 Å². The molecule has 0 amide bonds. The number of rotatable bonds is 1. The van der Waals surface area contributed by atoms with Crippen molar-refractivity contribution in [2.45, 2.75) is 4.90 Å². The third kappa shape index (κ3) is 2.73. The van der Waals surface area contributed by atoms with Gasteiger partial charge in [0.05, 0.1) is 14.4 Å². The molecule has 1 rings (SSSR count). The fraction of sp³-hybridized carbons (Fsp3) is 0. The molecule has 1 aromatic carbocycles. The Balaban J connectivity index is 3.56. The molecule has 0 heterocycles. The number of halogens is 4. The van der Waals surface area contributed by atoms with Crippen LogP contribution in [-0.4, -0.2) is 8.42 Å². The molecule has 0 bridgehead atoms. The van der Waals surface area contributed by atoms with Crippen LogP contribution in [0.2, 0.25) is 10.0 Å². The van der Waals surface area contributed by atoms with Crippen LogP contribution in [0.1, 0.15) is 0 Å². The fourth-order valence-electron chi connectivity index (χ4n) is 0.710. The van der Waals surface area contributed by atoms with E-state index in [1.807, 2.05) is 0 Å². The minimum absolute atomic E-state index is 0.133. The van der Waals surface area contributed by atoms with E-state index >= 15 is 0 Å². The van der Waals surface area contributed by atoms with E-state index in [2.05, 4.69) is 15.9 Å². The molecule has 1 aromatic rings. The largest absolute Gasteiger partial charge is 0.262 e. The molecule has 0 unspecified atom stereocenters. The Morgan fingerprint density at radius 1 is 1.23 bits per heavy atom. The Labute approximate surface area is 98.3 Å². The average molecular weight is 324 g/mol. The van der Waals surface area contributed by atoms with Crippen molar-refractivity contribution in [3.8, 4) is 0 Å². The van der Waals surface area contributed by atoms with Gasteiger partial charge in [-0.05, 0) is 28.1 Å². The molecule has 0 atom stereocenters. The summed E-state index contributed by atoms with van der Waals surface area (Å²) in [6.45, 7) is 0. The van der Waals surface area contributed by atoms with E-state index in [1.165, 1.54) is 12.1 Å². The molecular formula is C6H2BrCl3O2S. The topological polar surface area (TPSA) is 34.1 Å². The van der Waals surface area contributed by atoms with Crippen LogP contribution in [0.3, 0.4) is 0 Å². The number of benzene rings is 1. The second-order valence-electron chi connectivity index (χ2n) is 2.14. The second kappa shape index (κ2) is 3.95. The smallest absolute Gasteiger partial charge is 0.207 e. The Bertz CT molecular complexity index is 443. The summed E-state index contributed by atoms with van der Waals surface area (Å²) in [7, 11) is 1.31. The Hall–Kier alpha value is 0.520. The minimum Gasteiger partial charge on any atom is -0.207 e. The summed E-state index contributed by atoms with van der Waals surface area (Å²) >= 11 is 14.3. The van der Waals surface area contributed by atoms with Crippen LogP contribution in [0.15, 0.2) is 21.5 Å². The molecule has 0 spiro atoms. The van der Waals surface area contributed by atoms with E-state index in [4.69, 9.17) is 33.9 Å². The maximum Gasteiger partial charge on any atom is 0.262 e. The first-order chi connectivity index (χ1) is 5.82. The number of hydrogen-bond acceptors (Lipinski definition) is 2. The third-order valence-corrected chi connectivity index (χ3v) is 4.43. The summed E-state index contributed by atoms with van der Waals surface area (Å²) in [5, 5.41) is 0.416. The summed E-state index contributed by atoms with van der Waals surface area (Å²) in [5.74, 6) is 0. The molecule has 7 heteroatoms. The zero-order valence-electron chi connectivity index (χ0n) is 5.89. The van der Waals surface area contributed by atoms with Crippen molar-refractivity contribution in [1.29, 1.82) is 0 Å². The van der Waals surface area contributed by atoms with Gasteiger partial charge in [0.2, 0.25) is 0 Å². The molecule has 72 valence electrons. The van der Waals surface area contributed by atoms with Gasteiger partial charge in [-0.1, -0.05) is 23.2 Å². The van der Waals surface area contributed by atoms with Crippen LogP contribution in [0.25, 0.3) is 0 Å². The van der Waals surface area contributed by atoms with Crippen molar-refractivity contribution in [2.24, 2.45) is 0 Å². The molecule has 0 radical (unpaired) electrons. The van der Waals surface area contributed by atoms with E-state index in [-0.39, 0.29) is 19.4 Å². The average Bonchev–Trinajstić information content (AvgIpc) is 1.94. The van der Waals surface area contributed by atoms with Crippen molar-refractivity contribution in [3.05, 3.63) is 26.7 Å². The second-order valence-corrected chi connectivity index (χ2v) is 6.31. The first-order valence-electron chi connectivity index (χ1n) is 2.91. The standard InChI is InChI=1S/C6H2BrCl3O2S/c7-6-4(9)1-3(8)2-5(6)13(10,11)12/h1-2H. The van der Waals surface area contributed by atoms with Gasteiger partial charge >= 0.3 is 0 Å². The summed E-state index contributed by atoms with van der Waals surface area (Å²) in [4.78, 5) is -0.133. The first kappa shape index (κ1) is 11.6. The molecule has 13 heavy (non-hydrogen) atoms. The summed E-state index contributed by atoms with van der Waals surface area (Å²) in [6, 6.07) is 2.64. The van der Waals surface area contributed by atoms with Gasteiger partial charge in [-0.25, -0.2) is 8.42 Å². The van der Waals surface area contributed by atoms with Crippen molar-refractivity contribution in [1.82, 2.24) is 0 Å². The Kier molecular flexibility index (Phi) is 3.52. The quantitative estimate of drug-likeness (QED) is 0.583. The summed E-state index contributed by atoms with van der Waals surface area (Å²) in [6.07, 6.45) is 0. The van der Waals surface area contributed by atoms with Gasteiger partial charge < -0.3 is 0 Å². The molecule has 0 saturated heterocycles. The van der Waals surface area contributed by atoms with Gasteiger partial charge in [0, 0.05) is 15.7 Å². The highest BCUT2D eigenvalue weighted by atomic mass is 79.9. The minimum atomic E-state index is -3.82. The molecule has 0 aromatic heterocycles. The van der Waals surface area contributed by atoms with Crippen molar-refractivity contribution in [3.63, 3.8) is 0 Å². The highest BCUT2D eigenvalue weighted by Gasteiger charge is 2.17. The van der Waals surface area contributed by atoms with Crippen molar-refractivity contribution in [2.75, 3.05) is 0 Å². The predicted octanol–water partition coefficient (Wildman–Crippen LogP) is 3.68. The summed E-state index contributed by atoms with van der Waals surface area (Å²) in [5.41, 5.74) is 0. The lowest BCUT2D eigenvalue weighted by molar-refractivity contribution is 0.609. The van der Waals surface area contributed by atoms with E-state index in [0.29, 0.717) is 0 Å². The maximum atomic E-state index is 11.0. The molecule has 0 saturated carbocycles. The van der Waals surface area contributed by atoms with Crippen LogP contribution in [-0.2, 0) is 9.05 Å². The van der Waals surface area contributed by atoms with Crippen LogP contribution in [0.5, 0.6) is 0 Å². The van der Waals surface area contributed by atoms with E-state index in [1.54, 1.807) is 0 Å². The lowest BCUT2D eigenvalue weighted by atomic mass is 10.4. The highest BCUT2D eigenvalue weighted by molar-refractivity contribution is 9.10. The lowest BCUT2D eigenvalue weighted by Gasteiger charge is -2.02. The van der Waals surface area contributed by atoms with Gasteiger partial charge in [0.25, 0.3) is 9.05 Å². The fourth-order valence-corrected chi connectivity index (χ4v) is 3.43. The Morgan fingerprint density at radius 2 is 1.77 bits per heavy atom. The summed E-state index contributed by atoms with van der Waals surface area (Å²) < 4.78 is 22.2. The van der Waals surface area contributed by atoms with Crippen LogP contribution in [0.4, 0.5) is 0 Å². The van der Waals surface area contributed by atoms with Crippen LogP contribution < -0.4 is 0 Å². The maximum absolute atomic E-state index is 11.0. The number of hydrogen-bond donors (Lipinski definition) is 0. The van der Waals surface area contributed by atoms with Gasteiger partial charge in [0.1, 0.15) is 0 Å². The van der Waals surface area contributed by atoms with Gasteiger partial charge in [-0.15, -0.1) is 0 Å². The zero-order chi connectivity index (χ0) is 10.2. The lowest BCUT2D eigenvalue weighted by Crippen LogP contribution is -1.92. The first-order valence-corrected chi connectivity index (χ1v) is 6.77. The molecule has 0 N–H and O–H groups in total. The normalized spacial score (nSPS) is 11.7. The molecular weight excluding hydrogens is 322 g/mol. The molecule has 2 nitrogen and oxygen atoms in total. The van der Waals surface area contributed by atoms with Gasteiger partial charge in [0.15, 0.2) is 0 Å². The third-order valence-electron chi connectivity index (χ3n) is 1.22. The van der Waals surface area contributed by atoms with Crippen molar-refractivity contribution < 1.29 is 8.42 Å². The molecule has 0 fully saturated rings. The van der Waals surface area contributed by atoms with Crippen LogP contribution >= 0.6 is 49.8 Å². The Morgan fingerprint density at radius 3 is 2.23 bits per heavy atom. The van der Waals surface area contributed by atoms with Gasteiger partial charge in [-0.3, -0.25) is 0 Å².